The van der Waals surface area contributed by atoms with Crippen LogP contribution in [0.25, 0.3) is 0 Å². The van der Waals surface area contributed by atoms with Gasteiger partial charge in [0.05, 0.1) is 5.75 Å². The van der Waals surface area contributed by atoms with E-state index in [0.29, 0.717) is 17.2 Å². The first-order valence-corrected chi connectivity index (χ1v) is 7.59. The fourth-order valence-corrected chi connectivity index (χ4v) is 3.90. The molecule has 14 heavy (non-hydrogen) atoms. The first-order chi connectivity index (χ1) is 6.57. The zero-order chi connectivity index (χ0) is 10.6. The summed E-state index contributed by atoms with van der Waals surface area (Å²) in [5.74, 6) is 0.924. The molecule has 1 heterocycles. The van der Waals surface area contributed by atoms with E-state index in [-0.39, 0.29) is 11.5 Å². The molecule has 0 radical (unpaired) electrons. The molecule has 0 aromatic carbocycles. The van der Waals surface area contributed by atoms with Gasteiger partial charge in [0, 0.05) is 16.8 Å². The first kappa shape index (κ1) is 12.0. The van der Waals surface area contributed by atoms with Crippen molar-refractivity contribution >= 4 is 33.8 Å². The monoisotopic (exact) mass is 251 g/mol. The Morgan fingerprint density at radius 3 is 2.79 bits per heavy atom. The minimum absolute atomic E-state index is 0.0687. The summed E-state index contributed by atoms with van der Waals surface area (Å²) in [6, 6.07) is 0. The lowest BCUT2D eigenvalue weighted by Crippen LogP contribution is -2.08. The number of aromatic nitrogens is 1. The second-order valence-electron chi connectivity index (χ2n) is 2.97. The quantitative estimate of drug-likeness (QED) is 0.813. The molecule has 0 unspecified atom stereocenters. The molecule has 0 aliphatic heterocycles. The maximum atomic E-state index is 11.4. The molecule has 0 saturated carbocycles. The van der Waals surface area contributed by atoms with Gasteiger partial charge in [-0.15, -0.1) is 11.3 Å². The van der Waals surface area contributed by atoms with Crippen LogP contribution in [0.5, 0.6) is 0 Å². The number of thiazole rings is 1. The van der Waals surface area contributed by atoms with Gasteiger partial charge in [-0.1, -0.05) is 6.92 Å². The topological polar surface area (TPSA) is 47.0 Å². The molecule has 0 aliphatic carbocycles. The highest BCUT2D eigenvalue weighted by atomic mass is 32.2. The second-order valence-corrected chi connectivity index (χ2v) is 6.67. The predicted octanol–water partition coefficient (Wildman–Crippen LogP) is 1.90. The first-order valence-electron chi connectivity index (χ1n) is 4.32. The molecule has 0 N–H and O–H groups in total. The molecule has 80 valence electrons. The van der Waals surface area contributed by atoms with E-state index in [0.717, 1.165) is 4.88 Å². The van der Waals surface area contributed by atoms with Crippen LogP contribution in [-0.2, 0) is 21.3 Å². The maximum absolute atomic E-state index is 11.4. The Hall–Kier alpha value is -0.0700. The standard InChI is InChI=1S/C8H13NO2S3/c1-2-3-14(10,11)6-8-9-4-7(5-12)13-8/h4,12H,2-3,5-6H2,1H3. The average molecular weight is 251 g/mol. The highest BCUT2D eigenvalue weighted by molar-refractivity contribution is 7.90. The van der Waals surface area contributed by atoms with Crippen molar-refractivity contribution in [3.63, 3.8) is 0 Å². The van der Waals surface area contributed by atoms with E-state index >= 15 is 0 Å². The normalized spacial score (nSPS) is 11.9. The van der Waals surface area contributed by atoms with Crippen molar-refractivity contribution in [2.75, 3.05) is 5.75 Å². The van der Waals surface area contributed by atoms with Crippen molar-refractivity contribution in [2.45, 2.75) is 24.9 Å². The number of rotatable bonds is 5. The second kappa shape index (κ2) is 5.14. The van der Waals surface area contributed by atoms with Crippen LogP contribution in [0.2, 0.25) is 0 Å². The molecule has 0 aliphatic rings. The fourth-order valence-electron chi connectivity index (χ4n) is 1.06. The third-order valence-corrected chi connectivity index (χ3v) is 5.09. The number of sulfone groups is 1. The molecule has 3 nitrogen and oxygen atoms in total. The molecule has 0 bridgehead atoms. The zero-order valence-electron chi connectivity index (χ0n) is 7.93. The Balaban J connectivity index is 2.69. The van der Waals surface area contributed by atoms with Gasteiger partial charge in [-0.05, 0) is 6.42 Å². The van der Waals surface area contributed by atoms with Crippen LogP contribution < -0.4 is 0 Å². The van der Waals surface area contributed by atoms with Crippen LogP contribution in [-0.4, -0.2) is 19.2 Å². The third-order valence-electron chi connectivity index (χ3n) is 1.62. The van der Waals surface area contributed by atoms with E-state index in [9.17, 15) is 8.42 Å². The molecule has 0 atom stereocenters. The number of hydrogen-bond acceptors (Lipinski definition) is 5. The molecule has 1 aromatic rings. The third kappa shape index (κ3) is 3.59. The molecular weight excluding hydrogens is 238 g/mol. The van der Waals surface area contributed by atoms with E-state index < -0.39 is 9.84 Å². The summed E-state index contributed by atoms with van der Waals surface area (Å²) in [5, 5.41) is 0.669. The lowest BCUT2D eigenvalue weighted by molar-refractivity contribution is 0.594. The van der Waals surface area contributed by atoms with Crippen LogP contribution in [0, 0.1) is 0 Å². The smallest absolute Gasteiger partial charge is 0.156 e. The number of nitrogens with zero attached hydrogens (tertiary/aromatic N) is 1. The predicted molar refractivity (Wildman–Crippen MR) is 62.6 cm³/mol. The largest absolute Gasteiger partial charge is 0.248 e. The molecule has 1 rings (SSSR count). The summed E-state index contributed by atoms with van der Waals surface area (Å²) in [7, 11) is -2.96. The zero-order valence-corrected chi connectivity index (χ0v) is 10.5. The molecular formula is C8H13NO2S3. The van der Waals surface area contributed by atoms with Gasteiger partial charge < -0.3 is 0 Å². The van der Waals surface area contributed by atoms with Crippen LogP contribution in [0.3, 0.4) is 0 Å². The molecule has 0 saturated heterocycles. The summed E-state index contributed by atoms with van der Waals surface area (Å²) in [4.78, 5) is 5.05. The van der Waals surface area contributed by atoms with Crippen LogP contribution in [0.15, 0.2) is 6.20 Å². The Morgan fingerprint density at radius 2 is 2.29 bits per heavy atom. The highest BCUT2D eigenvalue weighted by Crippen LogP contribution is 2.17. The molecule has 0 spiro atoms. The van der Waals surface area contributed by atoms with E-state index in [1.165, 1.54) is 11.3 Å². The molecule has 1 aromatic heterocycles. The minimum atomic E-state index is -2.96. The van der Waals surface area contributed by atoms with Crippen LogP contribution in [0.4, 0.5) is 0 Å². The van der Waals surface area contributed by atoms with Crippen molar-refractivity contribution in [2.24, 2.45) is 0 Å². The summed E-state index contributed by atoms with van der Waals surface area (Å²) < 4.78 is 22.9. The van der Waals surface area contributed by atoms with Crippen LogP contribution in [0.1, 0.15) is 23.2 Å². The lowest BCUT2D eigenvalue weighted by Gasteiger charge is -1.98. The summed E-state index contributed by atoms with van der Waals surface area (Å²) >= 11 is 5.52. The number of hydrogen-bond donors (Lipinski definition) is 1. The molecule has 0 fully saturated rings. The van der Waals surface area contributed by atoms with Gasteiger partial charge in [0.15, 0.2) is 9.84 Å². The van der Waals surface area contributed by atoms with Crippen molar-refractivity contribution in [1.29, 1.82) is 0 Å². The van der Waals surface area contributed by atoms with Crippen molar-refractivity contribution in [1.82, 2.24) is 4.98 Å². The Bertz CT molecular complexity index is 383. The molecule has 0 amide bonds. The van der Waals surface area contributed by atoms with Gasteiger partial charge in [-0.2, -0.15) is 12.6 Å². The number of thiol groups is 1. The van der Waals surface area contributed by atoms with E-state index in [1.807, 2.05) is 6.92 Å². The van der Waals surface area contributed by atoms with Gasteiger partial charge >= 0.3 is 0 Å². The Labute approximate surface area is 93.9 Å². The summed E-state index contributed by atoms with van der Waals surface area (Å²) in [5.41, 5.74) is 0. The highest BCUT2D eigenvalue weighted by Gasteiger charge is 2.13. The van der Waals surface area contributed by atoms with Gasteiger partial charge in [0.1, 0.15) is 10.8 Å². The Kier molecular flexibility index (Phi) is 4.40. The van der Waals surface area contributed by atoms with E-state index in [2.05, 4.69) is 17.6 Å². The Morgan fingerprint density at radius 1 is 1.57 bits per heavy atom. The van der Waals surface area contributed by atoms with Gasteiger partial charge in [0.2, 0.25) is 0 Å². The summed E-state index contributed by atoms with van der Waals surface area (Å²) in [6.45, 7) is 1.86. The van der Waals surface area contributed by atoms with E-state index in [4.69, 9.17) is 0 Å². The summed E-state index contributed by atoms with van der Waals surface area (Å²) in [6.07, 6.45) is 2.35. The lowest BCUT2D eigenvalue weighted by atomic mass is 10.6. The average Bonchev–Trinajstić information content (AvgIpc) is 2.51. The van der Waals surface area contributed by atoms with Crippen LogP contribution >= 0.6 is 24.0 Å². The van der Waals surface area contributed by atoms with Gasteiger partial charge in [-0.25, -0.2) is 13.4 Å². The van der Waals surface area contributed by atoms with Gasteiger partial charge in [0.25, 0.3) is 0 Å². The van der Waals surface area contributed by atoms with Crippen molar-refractivity contribution < 1.29 is 8.42 Å². The molecule has 6 heteroatoms. The van der Waals surface area contributed by atoms with Gasteiger partial charge in [-0.3, -0.25) is 0 Å². The van der Waals surface area contributed by atoms with E-state index in [1.54, 1.807) is 6.20 Å². The minimum Gasteiger partial charge on any atom is -0.248 e. The SMILES string of the molecule is CCCS(=O)(=O)Cc1ncc(CS)s1. The fraction of sp³-hybridized carbons (Fsp3) is 0.625. The van der Waals surface area contributed by atoms with Crippen molar-refractivity contribution in [3.8, 4) is 0 Å². The van der Waals surface area contributed by atoms with Crippen molar-refractivity contribution in [3.05, 3.63) is 16.1 Å². The maximum Gasteiger partial charge on any atom is 0.156 e.